The molecular formula is C30H22N4O8. The lowest BCUT2D eigenvalue weighted by Crippen LogP contribution is -2.12. The molecule has 0 bridgehead atoms. The van der Waals surface area contributed by atoms with Gasteiger partial charge in [-0.1, -0.05) is 48.5 Å². The van der Waals surface area contributed by atoms with Crippen molar-refractivity contribution in [1.82, 2.24) is 19.1 Å². The van der Waals surface area contributed by atoms with Gasteiger partial charge in [-0.25, -0.2) is 19.6 Å². The van der Waals surface area contributed by atoms with Gasteiger partial charge >= 0.3 is 23.9 Å². The number of aliphatic carboxylic acids is 2. The van der Waals surface area contributed by atoms with Crippen LogP contribution in [0.25, 0.3) is 45.3 Å². The summed E-state index contributed by atoms with van der Waals surface area (Å²) in [6, 6.07) is 18.9. The molecule has 0 saturated heterocycles. The van der Waals surface area contributed by atoms with Crippen LogP contribution in [0.2, 0.25) is 0 Å². The quantitative estimate of drug-likeness (QED) is 0.190. The van der Waals surface area contributed by atoms with Crippen molar-refractivity contribution in [2.24, 2.45) is 0 Å². The molecule has 12 nitrogen and oxygen atoms in total. The van der Waals surface area contributed by atoms with E-state index in [4.69, 9.17) is 0 Å². The van der Waals surface area contributed by atoms with Crippen molar-refractivity contribution in [3.8, 4) is 45.3 Å². The Balaban J connectivity index is 1.51. The molecule has 0 aliphatic rings. The Bertz CT molecular complexity index is 1680. The second-order valence-corrected chi connectivity index (χ2v) is 9.24. The molecule has 42 heavy (non-hydrogen) atoms. The molecule has 0 saturated carbocycles. The average Bonchev–Trinajstić information content (AvgIpc) is 3.57. The molecule has 2 aromatic heterocycles. The molecule has 0 aliphatic carbocycles. The molecule has 0 spiro atoms. The van der Waals surface area contributed by atoms with Crippen molar-refractivity contribution in [2.45, 2.75) is 13.1 Å². The number of carboxylic acid groups (broad SMARTS) is 4. The molecule has 0 aliphatic heterocycles. The summed E-state index contributed by atoms with van der Waals surface area (Å²) in [6.45, 7) is -0.773. The molecule has 4 N–H and O–H groups in total. The van der Waals surface area contributed by atoms with Crippen molar-refractivity contribution in [1.29, 1.82) is 0 Å². The van der Waals surface area contributed by atoms with Crippen LogP contribution < -0.4 is 0 Å². The monoisotopic (exact) mass is 566 g/mol. The molecule has 0 unspecified atom stereocenters. The van der Waals surface area contributed by atoms with Crippen LogP contribution in [0.3, 0.4) is 0 Å². The number of benzene rings is 3. The molecule has 3 aromatic carbocycles. The van der Waals surface area contributed by atoms with E-state index >= 15 is 0 Å². The van der Waals surface area contributed by atoms with Crippen LogP contribution in [-0.2, 0) is 22.7 Å². The van der Waals surface area contributed by atoms with Gasteiger partial charge in [0, 0.05) is 11.1 Å². The van der Waals surface area contributed by atoms with Gasteiger partial charge in [-0.2, -0.15) is 0 Å². The van der Waals surface area contributed by atoms with Crippen LogP contribution in [0.4, 0.5) is 0 Å². The summed E-state index contributed by atoms with van der Waals surface area (Å²) >= 11 is 0. The van der Waals surface area contributed by atoms with Crippen LogP contribution in [0.1, 0.15) is 20.7 Å². The van der Waals surface area contributed by atoms with Gasteiger partial charge in [-0.05, 0) is 35.4 Å². The molecule has 0 fully saturated rings. The van der Waals surface area contributed by atoms with E-state index in [1.165, 1.54) is 45.8 Å². The second kappa shape index (κ2) is 11.2. The van der Waals surface area contributed by atoms with E-state index < -0.39 is 23.9 Å². The number of imidazole rings is 2. The third-order valence-corrected chi connectivity index (χ3v) is 6.55. The number of carbonyl (C=O) groups is 4. The Kier molecular flexibility index (Phi) is 7.35. The first kappa shape index (κ1) is 27.5. The van der Waals surface area contributed by atoms with Crippen LogP contribution in [0.15, 0.2) is 85.2 Å². The van der Waals surface area contributed by atoms with Gasteiger partial charge in [0.25, 0.3) is 0 Å². The third kappa shape index (κ3) is 5.49. The summed E-state index contributed by atoms with van der Waals surface area (Å²) in [6.07, 6.45) is 3.07. The van der Waals surface area contributed by atoms with Crippen LogP contribution >= 0.6 is 0 Å². The van der Waals surface area contributed by atoms with Gasteiger partial charge in [0.2, 0.25) is 0 Å². The zero-order chi connectivity index (χ0) is 30.0. The first-order valence-corrected chi connectivity index (χ1v) is 12.4. The Labute approximate surface area is 237 Å². The molecule has 0 atom stereocenters. The molecule has 210 valence electrons. The topological polar surface area (TPSA) is 185 Å². The Morgan fingerprint density at radius 1 is 0.500 bits per heavy atom. The Morgan fingerprint density at radius 2 is 0.810 bits per heavy atom. The minimum Gasteiger partial charge on any atom is -0.480 e. The highest BCUT2D eigenvalue weighted by Crippen LogP contribution is 2.31. The van der Waals surface area contributed by atoms with E-state index in [9.17, 15) is 39.6 Å². The molecule has 2 heterocycles. The summed E-state index contributed by atoms with van der Waals surface area (Å²) in [5, 5.41) is 37.5. The molecule has 5 aromatic rings. The van der Waals surface area contributed by atoms with E-state index in [0.29, 0.717) is 45.3 Å². The Hall–Kier alpha value is -6.04. The van der Waals surface area contributed by atoms with Gasteiger partial charge in [-0.3, -0.25) is 9.59 Å². The molecule has 5 rings (SSSR count). The van der Waals surface area contributed by atoms with Gasteiger partial charge in [0.15, 0.2) is 0 Å². The number of carboxylic acids is 4. The van der Waals surface area contributed by atoms with E-state index in [1.54, 1.807) is 48.5 Å². The van der Waals surface area contributed by atoms with E-state index in [0.717, 1.165) is 0 Å². The van der Waals surface area contributed by atoms with Gasteiger partial charge in [0.05, 0.1) is 34.9 Å². The fraction of sp³-hybridized carbons (Fsp3) is 0.0667. The second-order valence-electron chi connectivity index (χ2n) is 9.24. The fourth-order valence-corrected chi connectivity index (χ4v) is 4.60. The largest absolute Gasteiger partial charge is 0.480 e. The van der Waals surface area contributed by atoms with Crippen molar-refractivity contribution in [3.63, 3.8) is 0 Å². The summed E-state index contributed by atoms with van der Waals surface area (Å²) in [5.74, 6) is -3.63. The van der Waals surface area contributed by atoms with E-state index in [-0.39, 0.29) is 24.2 Å². The normalized spacial score (nSPS) is 10.9. The smallest absolute Gasteiger partial charge is 0.335 e. The zero-order valence-corrected chi connectivity index (χ0v) is 21.7. The summed E-state index contributed by atoms with van der Waals surface area (Å²) in [7, 11) is 0. The summed E-state index contributed by atoms with van der Waals surface area (Å²) < 4.78 is 3.03. The van der Waals surface area contributed by atoms with E-state index in [1.807, 2.05) is 0 Å². The minimum atomic E-state index is -1.09. The van der Waals surface area contributed by atoms with Crippen molar-refractivity contribution < 1.29 is 39.6 Å². The molecular weight excluding hydrogens is 544 g/mol. The van der Waals surface area contributed by atoms with Crippen molar-refractivity contribution in [2.75, 3.05) is 0 Å². The highest BCUT2D eigenvalue weighted by Gasteiger charge is 2.19. The first-order chi connectivity index (χ1) is 20.1. The maximum atomic E-state index is 11.7. The number of aromatic nitrogens is 4. The van der Waals surface area contributed by atoms with Crippen LogP contribution in [0.5, 0.6) is 0 Å². The number of aromatic carboxylic acids is 2. The van der Waals surface area contributed by atoms with E-state index in [2.05, 4.69) is 9.97 Å². The predicted octanol–water partition coefficient (Wildman–Crippen LogP) is 4.31. The molecule has 0 amide bonds. The minimum absolute atomic E-state index is 0.0912. The fourth-order valence-electron chi connectivity index (χ4n) is 4.60. The number of hydrogen-bond acceptors (Lipinski definition) is 6. The average molecular weight is 567 g/mol. The zero-order valence-electron chi connectivity index (χ0n) is 21.7. The predicted molar refractivity (Wildman–Crippen MR) is 149 cm³/mol. The van der Waals surface area contributed by atoms with Crippen molar-refractivity contribution >= 4 is 23.9 Å². The first-order valence-electron chi connectivity index (χ1n) is 12.4. The van der Waals surface area contributed by atoms with Gasteiger partial charge in [0.1, 0.15) is 24.7 Å². The number of nitrogens with zero attached hydrogens (tertiary/aromatic N) is 4. The highest BCUT2D eigenvalue weighted by atomic mass is 16.4. The SMILES string of the molecule is O=C(O)Cn1c(-c2ccc(-c3cnc(-c4ccc(C(=O)O)cc4)n3CC(=O)O)cc2)cnc1-c1ccc(C(=O)O)cc1. The lowest BCUT2D eigenvalue weighted by atomic mass is 10.1. The van der Waals surface area contributed by atoms with Crippen LogP contribution in [0, 0.1) is 0 Å². The number of rotatable bonds is 10. The molecule has 12 heteroatoms. The molecule has 0 radical (unpaired) electrons. The lowest BCUT2D eigenvalue weighted by Gasteiger charge is -2.12. The lowest BCUT2D eigenvalue weighted by molar-refractivity contribution is -0.138. The maximum Gasteiger partial charge on any atom is 0.335 e. The van der Waals surface area contributed by atoms with Gasteiger partial charge < -0.3 is 29.6 Å². The van der Waals surface area contributed by atoms with Crippen LogP contribution in [-0.4, -0.2) is 63.4 Å². The van der Waals surface area contributed by atoms with Crippen molar-refractivity contribution in [3.05, 3.63) is 96.3 Å². The number of hydrogen-bond donors (Lipinski definition) is 4. The standard InChI is InChI=1S/C30H22N4O8/c35-25(36)15-33-23(13-31-27(33)19-5-9-21(10-6-19)29(39)40)17-1-2-18(4-3-17)24-14-32-28(34(24)16-26(37)38)20-7-11-22(12-8-20)30(41)42/h1-14H,15-16H2,(H,35,36)(H,37,38)(H,39,40)(H,41,42). The Morgan fingerprint density at radius 3 is 1.10 bits per heavy atom. The van der Waals surface area contributed by atoms with Gasteiger partial charge in [-0.15, -0.1) is 0 Å². The highest BCUT2D eigenvalue weighted by molar-refractivity contribution is 5.89. The third-order valence-electron chi connectivity index (χ3n) is 6.55. The summed E-state index contributed by atoms with van der Waals surface area (Å²) in [4.78, 5) is 54.6. The maximum absolute atomic E-state index is 11.7. The summed E-state index contributed by atoms with van der Waals surface area (Å²) in [5.41, 5.74) is 3.60.